The molecule has 1 rings (SSSR count). The van der Waals surface area contributed by atoms with Crippen LogP contribution in [0.3, 0.4) is 0 Å². The molecule has 0 aliphatic heterocycles. The van der Waals surface area contributed by atoms with E-state index in [1.165, 1.54) is 0 Å². The van der Waals surface area contributed by atoms with Gasteiger partial charge in [-0.15, -0.1) is 0 Å². The fraction of sp³-hybridized carbons (Fsp3) is 0.636. The molecule has 84 valence electrons. The molecule has 0 atom stereocenters. The molecule has 0 bridgehead atoms. The molecule has 0 aliphatic rings. The first-order valence-electron chi connectivity index (χ1n) is 5.08. The van der Waals surface area contributed by atoms with Gasteiger partial charge in [0.05, 0.1) is 9.26 Å². The molecule has 0 amide bonds. The Labute approximate surface area is 110 Å². The summed E-state index contributed by atoms with van der Waals surface area (Å²) in [6.07, 6.45) is 2.04. The highest BCUT2D eigenvalue weighted by atomic mass is 127. The Morgan fingerprint density at radius 3 is 2.33 bits per heavy atom. The van der Waals surface area contributed by atoms with Gasteiger partial charge in [-0.25, -0.2) is 9.97 Å². The second-order valence-corrected chi connectivity index (χ2v) is 6.04. The number of halogens is 2. The van der Waals surface area contributed by atoms with Gasteiger partial charge in [0.2, 0.25) is 0 Å². The summed E-state index contributed by atoms with van der Waals surface area (Å²) >= 11 is 8.32. The van der Waals surface area contributed by atoms with E-state index in [4.69, 9.17) is 11.6 Å². The molecule has 0 aromatic carbocycles. The van der Waals surface area contributed by atoms with Crippen molar-refractivity contribution in [2.24, 2.45) is 0 Å². The molecular weight excluding hydrogens is 322 g/mol. The van der Waals surface area contributed by atoms with Crippen molar-refractivity contribution in [2.45, 2.75) is 46.0 Å². The molecule has 0 unspecified atom stereocenters. The van der Waals surface area contributed by atoms with Gasteiger partial charge in [-0.2, -0.15) is 0 Å². The van der Waals surface area contributed by atoms with Crippen LogP contribution in [0.2, 0.25) is 5.15 Å². The van der Waals surface area contributed by atoms with Crippen LogP contribution >= 0.6 is 34.2 Å². The van der Waals surface area contributed by atoms with Gasteiger partial charge in [-0.1, -0.05) is 45.7 Å². The van der Waals surface area contributed by atoms with Gasteiger partial charge in [0, 0.05) is 5.41 Å². The zero-order valence-electron chi connectivity index (χ0n) is 9.56. The minimum Gasteiger partial charge on any atom is -0.236 e. The van der Waals surface area contributed by atoms with Crippen LogP contribution in [0.1, 0.15) is 45.6 Å². The molecule has 15 heavy (non-hydrogen) atoms. The maximum absolute atomic E-state index is 6.10. The predicted molar refractivity (Wildman–Crippen MR) is 72.5 cm³/mol. The van der Waals surface area contributed by atoms with Crippen molar-refractivity contribution in [1.29, 1.82) is 0 Å². The van der Waals surface area contributed by atoms with Gasteiger partial charge in [-0.3, -0.25) is 0 Å². The lowest BCUT2D eigenvalue weighted by Gasteiger charge is -2.18. The Bertz CT molecular complexity index is 358. The molecule has 0 spiro atoms. The molecule has 0 saturated heterocycles. The molecular formula is C11H16ClIN2. The lowest BCUT2D eigenvalue weighted by Crippen LogP contribution is -2.18. The number of aromatic nitrogens is 2. The number of rotatable bonds is 2. The van der Waals surface area contributed by atoms with Crippen molar-refractivity contribution in [3.63, 3.8) is 0 Å². The molecule has 1 aromatic heterocycles. The molecule has 1 heterocycles. The zero-order valence-corrected chi connectivity index (χ0v) is 12.5. The predicted octanol–water partition coefficient (Wildman–Crippen LogP) is 3.98. The van der Waals surface area contributed by atoms with E-state index >= 15 is 0 Å². The zero-order chi connectivity index (χ0) is 11.6. The minimum atomic E-state index is -0.0452. The fourth-order valence-corrected chi connectivity index (χ4v) is 1.90. The number of aryl methyl sites for hydroxylation is 1. The highest BCUT2D eigenvalue weighted by molar-refractivity contribution is 14.1. The Morgan fingerprint density at radius 1 is 1.27 bits per heavy atom. The molecule has 0 saturated carbocycles. The van der Waals surface area contributed by atoms with Crippen molar-refractivity contribution in [3.05, 3.63) is 20.2 Å². The van der Waals surface area contributed by atoms with Crippen LogP contribution in [0.5, 0.6) is 0 Å². The van der Waals surface area contributed by atoms with Crippen molar-refractivity contribution >= 4 is 34.2 Å². The van der Waals surface area contributed by atoms with Gasteiger partial charge in [0.1, 0.15) is 11.0 Å². The van der Waals surface area contributed by atoms with E-state index in [-0.39, 0.29) is 5.41 Å². The Hall–Kier alpha value is 0.100. The summed E-state index contributed by atoms with van der Waals surface area (Å²) in [7, 11) is 0. The summed E-state index contributed by atoms with van der Waals surface area (Å²) in [5.74, 6) is 0.830. The maximum atomic E-state index is 6.10. The minimum absolute atomic E-state index is 0.0452. The third-order valence-electron chi connectivity index (χ3n) is 2.04. The Balaban J connectivity index is 3.23. The molecule has 1 aromatic rings. The van der Waals surface area contributed by atoms with Crippen molar-refractivity contribution in [1.82, 2.24) is 9.97 Å². The van der Waals surface area contributed by atoms with E-state index in [0.29, 0.717) is 5.15 Å². The van der Waals surface area contributed by atoms with E-state index in [9.17, 15) is 0 Å². The van der Waals surface area contributed by atoms with Gasteiger partial charge in [0.25, 0.3) is 0 Å². The van der Waals surface area contributed by atoms with Gasteiger partial charge in [0.15, 0.2) is 0 Å². The van der Waals surface area contributed by atoms with Crippen molar-refractivity contribution in [2.75, 3.05) is 0 Å². The van der Waals surface area contributed by atoms with E-state index in [1.54, 1.807) is 0 Å². The summed E-state index contributed by atoms with van der Waals surface area (Å²) in [6.45, 7) is 8.44. The van der Waals surface area contributed by atoms with Crippen LogP contribution in [-0.2, 0) is 11.8 Å². The van der Waals surface area contributed by atoms with E-state index in [0.717, 1.165) is 27.9 Å². The first-order chi connectivity index (χ1) is 6.86. The highest BCUT2D eigenvalue weighted by Crippen LogP contribution is 2.25. The Morgan fingerprint density at radius 2 is 1.87 bits per heavy atom. The second kappa shape index (κ2) is 4.95. The lowest BCUT2D eigenvalue weighted by atomic mass is 9.95. The maximum Gasteiger partial charge on any atom is 0.146 e. The van der Waals surface area contributed by atoms with Gasteiger partial charge >= 0.3 is 0 Å². The standard InChI is InChI=1S/C11H16ClIN2/c1-5-6-7-8(13)9(12)15-10(14-7)11(2,3)4/h5-6H2,1-4H3. The number of nitrogens with zero attached hydrogens (tertiary/aromatic N) is 2. The largest absolute Gasteiger partial charge is 0.236 e. The van der Waals surface area contributed by atoms with Crippen LogP contribution < -0.4 is 0 Å². The molecule has 2 nitrogen and oxygen atoms in total. The molecule has 0 N–H and O–H groups in total. The Kier molecular flexibility index (Phi) is 4.35. The summed E-state index contributed by atoms with van der Waals surface area (Å²) in [4.78, 5) is 8.92. The third kappa shape index (κ3) is 3.28. The van der Waals surface area contributed by atoms with E-state index in [2.05, 4.69) is 60.3 Å². The van der Waals surface area contributed by atoms with Crippen LogP contribution in [0.15, 0.2) is 0 Å². The second-order valence-electron chi connectivity index (χ2n) is 4.60. The van der Waals surface area contributed by atoms with Crippen LogP contribution in [0.4, 0.5) is 0 Å². The SMILES string of the molecule is CCCc1nc(C(C)(C)C)nc(Cl)c1I. The first kappa shape index (κ1) is 13.2. The lowest BCUT2D eigenvalue weighted by molar-refractivity contribution is 0.540. The third-order valence-corrected chi connectivity index (χ3v) is 3.76. The summed E-state index contributed by atoms with van der Waals surface area (Å²) < 4.78 is 0.990. The number of hydrogen-bond acceptors (Lipinski definition) is 2. The molecule has 0 aliphatic carbocycles. The van der Waals surface area contributed by atoms with Gasteiger partial charge < -0.3 is 0 Å². The molecule has 0 radical (unpaired) electrons. The van der Waals surface area contributed by atoms with E-state index in [1.807, 2.05) is 0 Å². The molecule has 4 heteroatoms. The normalized spacial score (nSPS) is 11.9. The molecule has 0 fully saturated rings. The summed E-state index contributed by atoms with van der Waals surface area (Å²) in [6, 6.07) is 0. The monoisotopic (exact) mass is 338 g/mol. The van der Waals surface area contributed by atoms with Crippen molar-refractivity contribution in [3.8, 4) is 0 Å². The smallest absolute Gasteiger partial charge is 0.146 e. The number of hydrogen-bond donors (Lipinski definition) is 0. The summed E-state index contributed by atoms with van der Waals surface area (Å²) in [5.41, 5.74) is 1.03. The first-order valence-corrected chi connectivity index (χ1v) is 6.54. The fourth-order valence-electron chi connectivity index (χ4n) is 1.20. The van der Waals surface area contributed by atoms with E-state index < -0.39 is 0 Å². The average Bonchev–Trinajstić information content (AvgIpc) is 2.11. The average molecular weight is 339 g/mol. The van der Waals surface area contributed by atoms with Crippen LogP contribution in [0.25, 0.3) is 0 Å². The topological polar surface area (TPSA) is 25.8 Å². The van der Waals surface area contributed by atoms with Crippen LogP contribution in [0, 0.1) is 3.57 Å². The highest BCUT2D eigenvalue weighted by Gasteiger charge is 2.20. The summed E-state index contributed by atoms with van der Waals surface area (Å²) in [5, 5.41) is 0.582. The van der Waals surface area contributed by atoms with Crippen LogP contribution in [-0.4, -0.2) is 9.97 Å². The quantitative estimate of drug-likeness (QED) is 0.602. The van der Waals surface area contributed by atoms with Gasteiger partial charge in [-0.05, 0) is 29.0 Å². The van der Waals surface area contributed by atoms with Crippen molar-refractivity contribution < 1.29 is 0 Å².